The largest absolute Gasteiger partial charge is 0.481 e. The first-order valence-corrected chi connectivity index (χ1v) is 6.46. The minimum absolute atomic E-state index is 0.0243. The maximum atomic E-state index is 10.3. The molecule has 0 saturated carbocycles. The van der Waals surface area contributed by atoms with Gasteiger partial charge in [-0.1, -0.05) is 6.07 Å². The van der Waals surface area contributed by atoms with Crippen LogP contribution in [0.15, 0.2) is 18.3 Å². The van der Waals surface area contributed by atoms with Gasteiger partial charge in [-0.25, -0.2) is 4.98 Å². The van der Waals surface area contributed by atoms with Gasteiger partial charge in [0.1, 0.15) is 5.60 Å². The smallest absolute Gasteiger partial charge is 0.212 e. The average Bonchev–Trinajstić information content (AvgIpc) is 2.56. The summed E-state index contributed by atoms with van der Waals surface area (Å²) in [5.74, 6) is 0.597. The quantitative estimate of drug-likeness (QED) is 0.646. The van der Waals surface area contributed by atoms with Crippen molar-refractivity contribution in [1.29, 1.82) is 0 Å². The molecule has 0 bridgehead atoms. The molecule has 2 aliphatic rings. The van der Waals surface area contributed by atoms with Crippen molar-refractivity contribution in [2.45, 2.75) is 24.2 Å². The number of nitrogens with zero attached hydrogens (tertiary/aromatic N) is 2. The SMILES string of the molecule is COc1ccc(CN2CC(O)(CO)[C@@H]3NC[C@@H]32)cn1. The third kappa shape index (κ3) is 2.10. The number of methoxy groups -OCH3 is 1. The van der Waals surface area contributed by atoms with Crippen molar-refractivity contribution in [2.75, 3.05) is 26.8 Å². The standard InChI is InChI=1S/C13H19N3O3/c1-19-11-3-2-9(4-14-11)6-16-7-13(18,8-17)12-10(16)5-15-12/h2-4,10,12,15,17-18H,5-8H2,1H3/t10-,12+,13?/m0/s1. The second kappa shape index (κ2) is 4.72. The number of nitrogens with one attached hydrogen (secondary N) is 1. The molecule has 2 aliphatic heterocycles. The molecule has 0 aliphatic carbocycles. The van der Waals surface area contributed by atoms with E-state index in [2.05, 4.69) is 15.2 Å². The Kier molecular flexibility index (Phi) is 3.18. The van der Waals surface area contributed by atoms with Gasteiger partial charge in [0, 0.05) is 37.9 Å². The Bertz CT molecular complexity index is 453. The summed E-state index contributed by atoms with van der Waals surface area (Å²) in [6, 6.07) is 4.08. The van der Waals surface area contributed by atoms with Crippen molar-refractivity contribution < 1.29 is 14.9 Å². The summed E-state index contributed by atoms with van der Waals surface area (Å²) in [7, 11) is 1.59. The lowest BCUT2D eigenvalue weighted by Crippen LogP contribution is -2.66. The number of likely N-dealkylation sites (tertiary alicyclic amines) is 1. The van der Waals surface area contributed by atoms with E-state index in [4.69, 9.17) is 4.74 Å². The monoisotopic (exact) mass is 265 g/mol. The Balaban J connectivity index is 1.70. The van der Waals surface area contributed by atoms with E-state index in [-0.39, 0.29) is 12.6 Å². The minimum atomic E-state index is -1.02. The molecule has 6 nitrogen and oxygen atoms in total. The predicted octanol–water partition coefficient (Wildman–Crippen LogP) is -1.03. The van der Waals surface area contributed by atoms with Gasteiger partial charge in [0.2, 0.25) is 5.88 Å². The topological polar surface area (TPSA) is 77.9 Å². The first-order valence-electron chi connectivity index (χ1n) is 6.46. The highest BCUT2D eigenvalue weighted by Crippen LogP contribution is 2.33. The molecular formula is C13H19N3O3. The molecule has 2 saturated heterocycles. The minimum Gasteiger partial charge on any atom is -0.481 e. The molecule has 0 amide bonds. The van der Waals surface area contributed by atoms with Crippen LogP contribution in [0.5, 0.6) is 5.88 Å². The number of aliphatic hydroxyl groups is 2. The molecule has 1 unspecified atom stereocenters. The molecule has 3 rings (SSSR count). The van der Waals surface area contributed by atoms with E-state index in [0.29, 0.717) is 18.5 Å². The first-order chi connectivity index (χ1) is 9.16. The summed E-state index contributed by atoms with van der Waals surface area (Å²) in [5.41, 5.74) is 0.0525. The summed E-state index contributed by atoms with van der Waals surface area (Å²) < 4.78 is 5.03. The third-order valence-electron chi connectivity index (χ3n) is 4.12. The lowest BCUT2D eigenvalue weighted by atomic mass is 9.89. The van der Waals surface area contributed by atoms with Gasteiger partial charge in [-0.2, -0.15) is 0 Å². The molecule has 1 aromatic heterocycles. The highest BCUT2D eigenvalue weighted by molar-refractivity contribution is 5.20. The van der Waals surface area contributed by atoms with Crippen molar-refractivity contribution in [1.82, 2.24) is 15.2 Å². The van der Waals surface area contributed by atoms with Crippen LogP contribution in [0.2, 0.25) is 0 Å². The van der Waals surface area contributed by atoms with Crippen LogP contribution >= 0.6 is 0 Å². The van der Waals surface area contributed by atoms with Crippen LogP contribution in [-0.4, -0.2) is 64.6 Å². The van der Waals surface area contributed by atoms with Crippen LogP contribution in [0.4, 0.5) is 0 Å². The van der Waals surface area contributed by atoms with Crippen LogP contribution in [0.3, 0.4) is 0 Å². The van der Waals surface area contributed by atoms with E-state index in [9.17, 15) is 10.2 Å². The number of β-amino-alcohol motifs (C(OH)–C–C–N with tert-alkyl or cyclic N) is 1. The van der Waals surface area contributed by atoms with Gasteiger partial charge >= 0.3 is 0 Å². The van der Waals surface area contributed by atoms with Crippen molar-refractivity contribution in [2.24, 2.45) is 0 Å². The molecule has 1 aromatic rings. The molecular weight excluding hydrogens is 246 g/mol. The average molecular weight is 265 g/mol. The number of hydrogen-bond acceptors (Lipinski definition) is 6. The van der Waals surface area contributed by atoms with Gasteiger partial charge in [-0.15, -0.1) is 0 Å². The predicted molar refractivity (Wildman–Crippen MR) is 68.8 cm³/mol. The summed E-state index contributed by atoms with van der Waals surface area (Å²) in [6.07, 6.45) is 1.79. The normalized spacial score (nSPS) is 33.8. The Morgan fingerprint density at radius 2 is 2.42 bits per heavy atom. The lowest BCUT2D eigenvalue weighted by molar-refractivity contribution is -0.0330. The summed E-state index contributed by atoms with van der Waals surface area (Å²) >= 11 is 0. The van der Waals surface area contributed by atoms with Crippen molar-refractivity contribution >= 4 is 0 Å². The summed E-state index contributed by atoms with van der Waals surface area (Å²) in [6.45, 7) is 1.86. The summed E-state index contributed by atoms with van der Waals surface area (Å²) in [5, 5.41) is 22.9. The van der Waals surface area contributed by atoms with E-state index >= 15 is 0 Å². The van der Waals surface area contributed by atoms with E-state index in [1.54, 1.807) is 13.3 Å². The zero-order chi connectivity index (χ0) is 13.5. The Morgan fingerprint density at radius 1 is 1.58 bits per heavy atom. The molecule has 0 radical (unpaired) electrons. The molecule has 0 spiro atoms. The zero-order valence-corrected chi connectivity index (χ0v) is 10.9. The number of pyridine rings is 1. The van der Waals surface area contributed by atoms with Gasteiger partial charge in [-0.05, 0) is 5.56 Å². The molecule has 3 heterocycles. The van der Waals surface area contributed by atoms with E-state index in [1.807, 2.05) is 12.1 Å². The van der Waals surface area contributed by atoms with Crippen molar-refractivity contribution in [3.05, 3.63) is 23.9 Å². The first kappa shape index (κ1) is 12.8. The van der Waals surface area contributed by atoms with Gasteiger partial charge in [-0.3, -0.25) is 4.90 Å². The Labute approximate surface area is 112 Å². The molecule has 2 fully saturated rings. The summed E-state index contributed by atoms with van der Waals surface area (Å²) in [4.78, 5) is 6.38. The number of aliphatic hydroxyl groups excluding tert-OH is 1. The number of rotatable bonds is 4. The molecule has 104 valence electrons. The highest BCUT2D eigenvalue weighted by Gasteiger charge is 2.55. The Morgan fingerprint density at radius 3 is 2.89 bits per heavy atom. The van der Waals surface area contributed by atoms with Gasteiger partial charge < -0.3 is 20.3 Å². The number of aromatic nitrogens is 1. The molecule has 3 atom stereocenters. The molecule has 6 heteroatoms. The van der Waals surface area contributed by atoms with Crippen LogP contribution in [0.1, 0.15) is 5.56 Å². The van der Waals surface area contributed by atoms with Crippen LogP contribution in [-0.2, 0) is 6.54 Å². The van der Waals surface area contributed by atoms with Crippen LogP contribution in [0, 0.1) is 0 Å². The fourth-order valence-corrected chi connectivity index (χ4v) is 2.98. The van der Waals surface area contributed by atoms with E-state index < -0.39 is 5.60 Å². The van der Waals surface area contributed by atoms with E-state index in [0.717, 1.165) is 18.7 Å². The lowest BCUT2D eigenvalue weighted by Gasteiger charge is -2.40. The number of hydrogen-bond donors (Lipinski definition) is 3. The van der Waals surface area contributed by atoms with Gasteiger partial charge in [0.15, 0.2) is 0 Å². The number of fused-ring (bicyclic) bond motifs is 1. The molecule has 3 N–H and O–H groups in total. The van der Waals surface area contributed by atoms with Crippen molar-refractivity contribution in [3.63, 3.8) is 0 Å². The van der Waals surface area contributed by atoms with Crippen molar-refractivity contribution in [3.8, 4) is 5.88 Å². The van der Waals surface area contributed by atoms with Gasteiger partial charge in [0.25, 0.3) is 0 Å². The second-order valence-corrected chi connectivity index (χ2v) is 5.33. The highest BCUT2D eigenvalue weighted by atomic mass is 16.5. The Hall–Kier alpha value is -1.21. The fraction of sp³-hybridized carbons (Fsp3) is 0.615. The van der Waals surface area contributed by atoms with Crippen LogP contribution in [0.25, 0.3) is 0 Å². The van der Waals surface area contributed by atoms with Gasteiger partial charge in [0.05, 0.1) is 19.8 Å². The number of ether oxygens (including phenoxy) is 1. The zero-order valence-electron chi connectivity index (χ0n) is 10.9. The third-order valence-corrected chi connectivity index (χ3v) is 4.12. The van der Waals surface area contributed by atoms with E-state index in [1.165, 1.54) is 0 Å². The van der Waals surface area contributed by atoms with Crippen LogP contribution < -0.4 is 10.1 Å². The molecule has 19 heavy (non-hydrogen) atoms. The second-order valence-electron chi connectivity index (χ2n) is 5.33. The maximum Gasteiger partial charge on any atom is 0.212 e. The maximum absolute atomic E-state index is 10.3. The fourth-order valence-electron chi connectivity index (χ4n) is 2.98. The molecule has 0 aromatic carbocycles.